The third-order valence-corrected chi connectivity index (χ3v) is 4.62. The molecule has 0 aromatic carbocycles. The molecule has 3 heterocycles. The van der Waals surface area contributed by atoms with Gasteiger partial charge in [0.05, 0.1) is 0 Å². The van der Waals surface area contributed by atoms with Crippen molar-refractivity contribution in [2.24, 2.45) is 5.73 Å². The zero-order valence-electron chi connectivity index (χ0n) is 14.7. The number of nitrogens with one attached hydrogen (secondary N) is 2. The van der Waals surface area contributed by atoms with E-state index in [9.17, 15) is 0 Å². The smallest absolute Gasteiger partial charge is 0.125 e. The zero-order valence-corrected chi connectivity index (χ0v) is 14.7. The van der Waals surface area contributed by atoms with Crippen LogP contribution in [0.2, 0.25) is 0 Å². The lowest BCUT2D eigenvalue weighted by molar-refractivity contribution is 0.352. The van der Waals surface area contributed by atoms with Crippen LogP contribution in [0.1, 0.15) is 24.0 Å². The number of pyridine rings is 1. The molecule has 1 aliphatic rings. The average Bonchev–Trinajstić information content (AvgIpc) is 3.25. The molecular formula is C20H27N5. The molecule has 0 atom stereocenters. The summed E-state index contributed by atoms with van der Waals surface area (Å²) in [5.74, 6) is 0.938. The van der Waals surface area contributed by atoms with Gasteiger partial charge in [-0.3, -0.25) is 0 Å². The van der Waals surface area contributed by atoms with Crippen molar-refractivity contribution in [3.8, 4) is 0 Å². The molecule has 0 amide bonds. The SMILES string of the molecule is C=c1[nH]cc(Cc2ccc(NCCN3CCCC3)nc2)/c1=C/C=C\N. The van der Waals surface area contributed by atoms with Crippen LogP contribution in [0.15, 0.2) is 36.8 Å². The molecule has 0 spiro atoms. The number of hydrogen-bond donors (Lipinski definition) is 3. The number of allylic oxidation sites excluding steroid dienone is 1. The van der Waals surface area contributed by atoms with Crippen LogP contribution in [0.3, 0.4) is 0 Å². The molecule has 3 rings (SSSR count). The van der Waals surface area contributed by atoms with E-state index >= 15 is 0 Å². The molecule has 0 unspecified atom stereocenters. The van der Waals surface area contributed by atoms with Crippen molar-refractivity contribution in [1.82, 2.24) is 14.9 Å². The van der Waals surface area contributed by atoms with Crippen molar-refractivity contribution in [3.05, 3.63) is 58.5 Å². The van der Waals surface area contributed by atoms with Gasteiger partial charge in [0, 0.05) is 42.5 Å². The van der Waals surface area contributed by atoms with E-state index in [1.165, 1.54) is 43.3 Å². The van der Waals surface area contributed by atoms with Crippen molar-refractivity contribution >= 4 is 18.5 Å². The van der Waals surface area contributed by atoms with Gasteiger partial charge in [-0.25, -0.2) is 4.98 Å². The van der Waals surface area contributed by atoms with Crippen LogP contribution in [-0.4, -0.2) is 41.0 Å². The number of aromatic nitrogens is 2. The monoisotopic (exact) mass is 337 g/mol. The summed E-state index contributed by atoms with van der Waals surface area (Å²) in [5, 5.41) is 5.40. The van der Waals surface area contributed by atoms with E-state index in [0.717, 1.165) is 35.9 Å². The Bertz CT molecular complexity index is 798. The largest absolute Gasteiger partial charge is 0.405 e. The summed E-state index contributed by atoms with van der Waals surface area (Å²) >= 11 is 0. The fourth-order valence-corrected chi connectivity index (χ4v) is 3.23. The van der Waals surface area contributed by atoms with Gasteiger partial charge in [0.25, 0.3) is 0 Å². The van der Waals surface area contributed by atoms with Crippen molar-refractivity contribution < 1.29 is 0 Å². The maximum absolute atomic E-state index is 5.43. The third-order valence-electron chi connectivity index (χ3n) is 4.62. The van der Waals surface area contributed by atoms with Crippen molar-refractivity contribution in [1.29, 1.82) is 0 Å². The Morgan fingerprint density at radius 1 is 1.32 bits per heavy atom. The lowest BCUT2D eigenvalue weighted by Gasteiger charge is -2.15. The van der Waals surface area contributed by atoms with Gasteiger partial charge in [0.15, 0.2) is 0 Å². The summed E-state index contributed by atoms with van der Waals surface area (Å²) in [6.07, 6.45) is 12.8. The number of nitrogens with zero attached hydrogens (tertiary/aromatic N) is 2. The molecule has 4 N–H and O–H groups in total. The minimum absolute atomic E-state index is 0.817. The van der Waals surface area contributed by atoms with Gasteiger partial charge < -0.3 is 20.9 Å². The summed E-state index contributed by atoms with van der Waals surface area (Å²) in [5.41, 5.74) is 7.80. The van der Waals surface area contributed by atoms with E-state index in [4.69, 9.17) is 5.73 Å². The normalized spacial score (nSPS) is 16.1. The molecule has 1 saturated heterocycles. The minimum atomic E-state index is 0.817. The highest BCUT2D eigenvalue weighted by Crippen LogP contribution is 2.09. The number of hydrogen-bond acceptors (Lipinski definition) is 4. The van der Waals surface area contributed by atoms with Gasteiger partial charge in [-0.2, -0.15) is 0 Å². The van der Waals surface area contributed by atoms with Crippen LogP contribution in [-0.2, 0) is 6.42 Å². The Balaban J connectivity index is 1.58. The lowest BCUT2D eigenvalue weighted by Crippen LogP contribution is -2.26. The maximum atomic E-state index is 5.43. The Kier molecular flexibility index (Phi) is 5.90. The first-order valence-electron chi connectivity index (χ1n) is 8.91. The highest BCUT2D eigenvalue weighted by molar-refractivity contribution is 5.42. The fourth-order valence-electron chi connectivity index (χ4n) is 3.23. The standard InChI is InChI=1S/C20H27N5/c1-16-19(5-4-8-21)18(15-23-16)13-17-6-7-20(24-14-17)22-9-12-25-10-2-3-11-25/h4-8,14-15,23H,1-3,9-13,21H2,(H,22,24)/b8-4-,19-5+. The molecule has 132 valence electrons. The first-order valence-corrected chi connectivity index (χ1v) is 8.91. The van der Waals surface area contributed by atoms with Crippen LogP contribution < -0.4 is 21.6 Å². The number of anilines is 1. The van der Waals surface area contributed by atoms with Crippen molar-refractivity contribution in [2.45, 2.75) is 19.3 Å². The first-order chi connectivity index (χ1) is 12.3. The van der Waals surface area contributed by atoms with Gasteiger partial charge in [0.2, 0.25) is 0 Å². The Hall–Kier alpha value is -2.53. The van der Waals surface area contributed by atoms with Gasteiger partial charge >= 0.3 is 0 Å². The molecule has 5 nitrogen and oxygen atoms in total. The molecule has 2 aromatic heterocycles. The molecule has 0 aliphatic carbocycles. The van der Waals surface area contributed by atoms with Crippen LogP contribution in [0, 0.1) is 0 Å². The Labute approximate surface area is 149 Å². The average molecular weight is 337 g/mol. The highest BCUT2D eigenvalue weighted by Gasteiger charge is 2.10. The van der Waals surface area contributed by atoms with E-state index in [2.05, 4.69) is 38.9 Å². The van der Waals surface area contributed by atoms with Gasteiger partial charge in [-0.15, -0.1) is 0 Å². The van der Waals surface area contributed by atoms with E-state index in [0.29, 0.717) is 0 Å². The molecule has 1 fully saturated rings. The molecule has 25 heavy (non-hydrogen) atoms. The number of rotatable bonds is 7. The van der Waals surface area contributed by atoms with Crippen LogP contribution in [0.4, 0.5) is 5.82 Å². The molecular weight excluding hydrogens is 310 g/mol. The quantitative estimate of drug-likeness (QED) is 0.709. The second-order valence-electron chi connectivity index (χ2n) is 6.46. The number of aromatic amines is 1. The van der Waals surface area contributed by atoms with Crippen molar-refractivity contribution in [2.75, 3.05) is 31.5 Å². The van der Waals surface area contributed by atoms with Gasteiger partial charge in [-0.1, -0.05) is 18.7 Å². The molecule has 0 bridgehead atoms. The molecule has 2 aromatic rings. The Morgan fingerprint density at radius 2 is 2.16 bits per heavy atom. The fraction of sp³-hybridized carbons (Fsp3) is 0.350. The number of likely N-dealkylation sites (tertiary alicyclic amines) is 1. The first kappa shape index (κ1) is 17.3. The summed E-state index contributed by atoms with van der Waals surface area (Å²) in [4.78, 5) is 10.2. The van der Waals surface area contributed by atoms with Crippen molar-refractivity contribution in [3.63, 3.8) is 0 Å². The summed E-state index contributed by atoms with van der Waals surface area (Å²) in [6, 6.07) is 4.18. The number of nitrogens with two attached hydrogens (primary N) is 1. The van der Waals surface area contributed by atoms with E-state index < -0.39 is 0 Å². The van der Waals surface area contributed by atoms with Crippen LogP contribution in [0.5, 0.6) is 0 Å². The van der Waals surface area contributed by atoms with Gasteiger partial charge in [-0.05, 0) is 55.4 Å². The Morgan fingerprint density at radius 3 is 2.88 bits per heavy atom. The predicted octanol–water partition coefficient (Wildman–Crippen LogP) is 1.17. The van der Waals surface area contributed by atoms with Gasteiger partial charge in [0.1, 0.15) is 5.82 Å². The molecule has 0 radical (unpaired) electrons. The maximum Gasteiger partial charge on any atom is 0.125 e. The molecule has 0 saturated carbocycles. The summed E-state index contributed by atoms with van der Waals surface area (Å²) in [7, 11) is 0. The predicted molar refractivity (Wildman–Crippen MR) is 105 cm³/mol. The van der Waals surface area contributed by atoms with E-state index in [-0.39, 0.29) is 0 Å². The topological polar surface area (TPSA) is 70.0 Å². The second-order valence-corrected chi connectivity index (χ2v) is 6.46. The molecule has 5 heteroatoms. The highest BCUT2D eigenvalue weighted by atomic mass is 15.2. The van der Waals surface area contributed by atoms with E-state index in [1.807, 2.05) is 24.5 Å². The second kappa shape index (κ2) is 8.53. The molecule has 1 aliphatic heterocycles. The zero-order chi connectivity index (χ0) is 17.5. The lowest BCUT2D eigenvalue weighted by atomic mass is 10.1. The third kappa shape index (κ3) is 4.73. The summed E-state index contributed by atoms with van der Waals surface area (Å²) in [6.45, 7) is 8.53. The number of H-pyrrole nitrogens is 1. The minimum Gasteiger partial charge on any atom is -0.405 e. The van der Waals surface area contributed by atoms with Crippen LogP contribution >= 0.6 is 0 Å². The van der Waals surface area contributed by atoms with Crippen LogP contribution in [0.25, 0.3) is 12.7 Å². The summed E-state index contributed by atoms with van der Waals surface area (Å²) < 4.78 is 0. The van der Waals surface area contributed by atoms with E-state index in [1.54, 1.807) is 0 Å².